The third-order valence-corrected chi connectivity index (χ3v) is 6.13. The lowest BCUT2D eigenvalue weighted by Crippen LogP contribution is -1.98. The van der Waals surface area contributed by atoms with Gasteiger partial charge < -0.3 is 0 Å². The average Bonchev–Trinajstić information content (AvgIpc) is 3.26. The van der Waals surface area contributed by atoms with Crippen molar-refractivity contribution in [3.05, 3.63) is 108 Å². The highest BCUT2D eigenvalue weighted by molar-refractivity contribution is 6.24. The number of fused-ring (bicyclic) bond motifs is 6. The first kappa shape index (κ1) is 18.5. The van der Waals surface area contributed by atoms with Gasteiger partial charge in [-0.15, -0.1) is 0 Å². The van der Waals surface area contributed by atoms with Crippen molar-refractivity contribution < 1.29 is 4.79 Å². The molecule has 0 saturated heterocycles. The van der Waals surface area contributed by atoms with Gasteiger partial charge in [-0.2, -0.15) is 0 Å². The maximum absolute atomic E-state index is 11.2. The third-order valence-electron chi connectivity index (χ3n) is 6.13. The molecular formula is C29H20N2O. The Morgan fingerprint density at radius 3 is 1.94 bits per heavy atom. The van der Waals surface area contributed by atoms with E-state index in [1.807, 2.05) is 24.3 Å². The number of aryl methyl sites for hydroxylation is 1. The summed E-state index contributed by atoms with van der Waals surface area (Å²) in [5.74, 6) is 0.864. The van der Waals surface area contributed by atoms with Crippen molar-refractivity contribution in [2.45, 2.75) is 6.92 Å². The number of hydrogen-bond donors (Lipinski definition) is 0. The predicted molar refractivity (Wildman–Crippen MR) is 132 cm³/mol. The first-order valence-electron chi connectivity index (χ1n) is 10.7. The molecule has 6 rings (SSSR count). The van der Waals surface area contributed by atoms with E-state index in [4.69, 9.17) is 4.98 Å². The van der Waals surface area contributed by atoms with Crippen LogP contribution in [0.1, 0.15) is 15.9 Å². The van der Waals surface area contributed by atoms with Gasteiger partial charge >= 0.3 is 0 Å². The molecule has 152 valence electrons. The Kier molecular flexibility index (Phi) is 4.15. The van der Waals surface area contributed by atoms with Gasteiger partial charge in [0.15, 0.2) is 0 Å². The molecule has 0 spiro atoms. The summed E-state index contributed by atoms with van der Waals surface area (Å²) in [6, 6.07) is 33.2. The summed E-state index contributed by atoms with van der Waals surface area (Å²) in [5.41, 5.74) is 5.98. The molecule has 0 bridgehead atoms. The Hall–Kier alpha value is -4.24. The van der Waals surface area contributed by atoms with Crippen LogP contribution >= 0.6 is 0 Å². The topological polar surface area (TPSA) is 34.9 Å². The van der Waals surface area contributed by atoms with E-state index in [-0.39, 0.29) is 0 Å². The second-order valence-electron chi connectivity index (χ2n) is 8.13. The lowest BCUT2D eigenvalue weighted by molar-refractivity contribution is 0.112. The Bertz CT molecular complexity index is 1620. The van der Waals surface area contributed by atoms with Crippen LogP contribution in [-0.2, 0) is 0 Å². The van der Waals surface area contributed by atoms with E-state index in [1.54, 1.807) is 0 Å². The summed E-state index contributed by atoms with van der Waals surface area (Å²) in [6.45, 7) is 2.10. The molecule has 0 unspecified atom stereocenters. The molecule has 0 amide bonds. The maximum atomic E-state index is 11.2. The Morgan fingerprint density at radius 1 is 0.688 bits per heavy atom. The molecule has 0 N–H and O–H groups in total. The molecule has 1 heterocycles. The largest absolute Gasteiger partial charge is 0.298 e. The predicted octanol–water partition coefficient (Wildman–Crippen LogP) is 7.12. The van der Waals surface area contributed by atoms with E-state index in [1.165, 1.54) is 21.7 Å². The van der Waals surface area contributed by atoms with E-state index < -0.39 is 0 Å². The lowest BCUT2D eigenvalue weighted by atomic mass is 10.00. The molecule has 0 aliphatic rings. The summed E-state index contributed by atoms with van der Waals surface area (Å²) in [5, 5.41) is 4.72. The molecular weight excluding hydrogens is 392 g/mol. The van der Waals surface area contributed by atoms with Gasteiger partial charge in [0.2, 0.25) is 0 Å². The number of benzene rings is 5. The number of carbonyl (C=O) groups excluding carboxylic acids is 1. The second kappa shape index (κ2) is 7.17. The van der Waals surface area contributed by atoms with Crippen molar-refractivity contribution in [2.75, 3.05) is 0 Å². The van der Waals surface area contributed by atoms with Crippen LogP contribution in [0.3, 0.4) is 0 Å². The van der Waals surface area contributed by atoms with Crippen LogP contribution in [0.15, 0.2) is 97.1 Å². The summed E-state index contributed by atoms with van der Waals surface area (Å²) in [4.78, 5) is 16.4. The zero-order chi connectivity index (χ0) is 21.7. The van der Waals surface area contributed by atoms with Crippen LogP contribution in [0.2, 0.25) is 0 Å². The molecule has 5 aromatic carbocycles. The third kappa shape index (κ3) is 2.75. The molecule has 1 aromatic heterocycles. The van der Waals surface area contributed by atoms with E-state index in [2.05, 4.69) is 84.3 Å². The average molecular weight is 412 g/mol. The summed E-state index contributed by atoms with van der Waals surface area (Å²) in [6.07, 6.45) is 0.869. The number of nitrogens with zero attached hydrogens (tertiary/aromatic N) is 2. The molecule has 0 aliphatic carbocycles. The quantitative estimate of drug-likeness (QED) is 0.229. The lowest BCUT2D eigenvalue weighted by Gasteiger charge is -2.13. The van der Waals surface area contributed by atoms with E-state index in [0.717, 1.165) is 39.8 Å². The standard InChI is InChI=1S/C29H20N2O/c1-19-10-16-22(17-11-19)31-28-26-9-5-3-7-24(26)23-6-2-4-8-25(23)27(28)30-29(31)21-14-12-20(18-32)13-15-21/h2-18H,1H3. The second-order valence-corrected chi connectivity index (χ2v) is 8.13. The molecule has 32 heavy (non-hydrogen) atoms. The van der Waals surface area contributed by atoms with Crippen LogP contribution in [0, 0.1) is 6.92 Å². The zero-order valence-electron chi connectivity index (χ0n) is 17.6. The first-order valence-corrected chi connectivity index (χ1v) is 10.7. The van der Waals surface area contributed by atoms with Gasteiger partial charge in [-0.05, 0) is 29.8 Å². The summed E-state index contributed by atoms with van der Waals surface area (Å²) < 4.78 is 2.25. The van der Waals surface area contributed by atoms with Crippen LogP contribution in [-0.4, -0.2) is 15.8 Å². The molecule has 0 radical (unpaired) electrons. The molecule has 0 saturated carbocycles. The van der Waals surface area contributed by atoms with Crippen LogP contribution in [0.25, 0.3) is 49.7 Å². The van der Waals surface area contributed by atoms with Gasteiger partial charge in [-0.25, -0.2) is 4.98 Å². The fourth-order valence-electron chi connectivity index (χ4n) is 4.56. The SMILES string of the molecule is Cc1ccc(-n2c(-c3ccc(C=O)cc3)nc3c4ccccc4c4ccccc4c32)cc1. The zero-order valence-corrected chi connectivity index (χ0v) is 17.6. The van der Waals surface area contributed by atoms with Gasteiger partial charge in [0.1, 0.15) is 12.1 Å². The van der Waals surface area contributed by atoms with Gasteiger partial charge in [0.05, 0.1) is 11.0 Å². The molecule has 0 atom stereocenters. The minimum absolute atomic E-state index is 0.655. The minimum atomic E-state index is 0.655. The molecule has 3 nitrogen and oxygen atoms in total. The molecule has 6 aromatic rings. The van der Waals surface area contributed by atoms with E-state index >= 15 is 0 Å². The molecule has 0 aliphatic heterocycles. The molecule has 3 heteroatoms. The fraction of sp³-hybridized carbons (Fsp3) is 0.0345. The highest BCUT2D eigenvalue weighted by Crippen LogP contribution is 2.38. The first-order chi connectivity index (χ1) is 15.7. The van der Waals surface area contributed by atoms with Crippen molar-refractivity contribution in [3.63, 3.8) is 0 Å². The van der Waals surface area contributed by atoms with Gasteiger partial charge in [0.25, 0.3) is 0 Å². The summed E-state index contributed by atoms with van der Waals surface area (Å²) >= 11 is 0. The van der Waals surface area contributed by atoms with Crippen molar-refractivity contribution in [1.29, 1.82) is 0 Å². The van der Waals surface area contributed by atoms with Crippen LogP contribution in [0.5, 0.6) is 0 Å². The number of aromatic nitrogens is 2. The maximum Gasteiger partial charge on any atom is 0.150 e. The van der Waals surface area contributed by atoms with Gasteiger partial charge in [-0.1, -0.05) is 90.5 Å². The van der Waals surface area contributed by atoms with Gasteiger partial charge in [-0.3, -0.25) is 9.36 Å². The molecule has 0 fully saturated rings. The summed E-state index contributed by atoms with van der Waals surface area (Å²) in [7, 11) is 0. The van der Waals surface area contributed by atoms with E-state index in [9.17, 15) is 4.79 Å². The van der Waals surface area contributed by atoms with Crippen molar-refractivity contribution in [2.24, 2.45) is 0 Å². The number of hydrogen-bond acceptors (Lipinski definition) is 2. The number of carbonyl (C=O) groups is 1. The van der Waals surface area contributed by atoms with Crippen LogP contribution < -0.4 is 0 Å². The highest BCUT2D eigenvalue weighted by atomic mass is 16.1. The Labute approximate surface area is 185 Å². The normalized spacial score (nSPS) is 11.4. The van der Waals surface area contributed by atoms with E-state index in [0.29, 0.717) is 5.56 Å². The fourth-order valence-corrected chi connectivity index (χ4v) is 4.56. The Morgan fingerprint density at radius 2 is 1.28 bits per heavy atom. The monoisotopic (exact) mass is 412 g/mol. The van der Waals surface area contributed by atoms with Crippen LogP contribution in [0.4, 0.5) is 0 Å². The van der Waals surface area contributed by atoms with Gasteiger partial charge in [0, 0.05) is 27.6 Å². The van der Waals surface area contributed by atoms with Crippen molar-refractivity contribution in [3.8, 4) is 17.1 Å². The highest BCUT2D eigenvalue weighted by Gasteiger charge is 2.19. The number of rotatable bonds is 3. The smallest absolute Gasteiger partial charge is 0.150 e. The number of imidazole rings is 1. The van der Waals surface area contributed by atoms with Crippen molar-refractivity contribution in [1.82, 2.24) is 9.55 Å². The minimum Gasteiger partial charge on any atom is -0.298 e. The van der Waals surface area contributed by atoms with Crippen molar-refractivity contribution >= 4 is 38.9 Å². The number of aldehydes is 1. The Balaban J connectivity index is 1.82.